The number of benzene rings is 1. The molecule has 1 saturated carbocycles. The monoisotopic (exact) mass is 282 g/mol. The lowest BCUT2D eigenvalue weighted by atomic mass is 10.0. The smallest absolute Gasteiger partial charge is 0.119 e. The average molecular weight is 283 g/mol. The van der Waals surface area contributed by atoms with E-state index in [-0.39, 0.29) is 0 Å². The molecular weight excluding hydrogens is 264 g/mol. The fourth-order valence-electron chi connectivity index (χ4n) is 2.29. The third-order valence-electron chi connectivity index (χ3n) is 3.59. The zero-order valence-electron chi connectivity index (χ0n) is 10.2. The summed E-state index contributed by atoms with van der Waals surface area (Å²) < 4.78 is 5.24. The van der Waals surface area contributed by atoms with E-state index in [4.69, 9.17) is 4.74 Å². The molecule has 1 aliphatic rings. The summed E-state index contributed by atoms with van der Waals surface area (Å²) >= 11 is 3.82. The average Bonchev–Trinajstić information content (AvgIpc) is 2.88. The van der Waals surface area contributed by atoms with Gasteiger partial charge in [-0.05, 0) is 41.9 Å². The van der Waals surface area contributed by atoms with Crippen LogP contribution in [0.25, 0.3) is 0 Å². The van der Waals surface area contributed by atoms with Crippen molar-refractivity contribution in [1.82, 2.24) is 0 Å². The van der Waals surface area contributed by atoms with E-state index in [2.05, 4.69) is 48.0 Å². The first-order valence-electron chi connectivity index (χ1n) is 5.80. The highest BCUT2D eigenvalue weighted by Crippen LogP contribution is 2.55. The molecule has 0 spiro atoms. The lowest BCUT2D eigenvalue weighted by Gasteiger charge is -2.12. The molecule has 2 unspecified atom stereocenters. The summed E-state index contributed by atoms with van der Waals surface area (Å²) in [7, 11) is 1.72. The number of hydrogen-bond acceptors (Lipinski definition) is 1. The maximum atomic E-state index is 5.24. The Hall–Kier alpha value is -0.500. The zero-order valence-corrected chi connectivity index (χ0v) is 11.8. The first kappa shape index (κ1) is 12.0. The summed E-state index contributed by atoms with van der Waals surface area (Å²) in [5.74, 6) is 1.77. The van der Waals surface area contributed by atoms with Gasteiger partial charge in [-0.2, -0.15) is 0 Å². The minimum atomic E-state index is 0.535. The molecule has 1 aromatic carbocycles. The van der Waals surface area contributed by atoms with Gasteiger partial charge in [-0.1, -0.05) is 41.9 Å². The molecule has 0 saturated heterocycles. The van der Waals surface area contributed by atoms with Crippen LogP contribution in [-0.2, 0) is 6.42 Å². The molecule has 1 nitrogen and oxygen atoms in total. The molecule has 0 heterocycles. The summed E-state index contributed by atoms with van der Waals surface area (Å²) in [6.07, 6.45) is 2.43. The molecule has 1 aromatic rings. The van der Waals surface area contributed by atoms with Crippen molar-refractivity contribution in [3.63, 3.8) is 0 Å². The van der Waals surface area contributed by atoms with E-state index in [0.717, 1.165) is 18.1 Å². The van der Waals surface area contributed by atoms with Crippen LogP contribution in [0.1, 0.15) is 25.8 Å². The van der Waals surface area contributed by atoms with E-state index in [1.165, 1.54) is 12.0 Å². The normalized spacial score (nSPS) is 23.9. The minimum absolute atomic E-state index is 0.535. The number of halogens is 1. The Kier molecular flexibility index (Phi) is 3.29. The predicted molar refractivity (Wildman–Crippen MR) is 71.3 cm³/mol. The van der Waals surface area contributed by atoms with Gasteiger partial charge < -0.3 is 4.74 Å². The molecule has 1 aliphatic carbocycles. The van der Waals surface area contributed by atoms with Crippen molar-refractivity contribution in [2.75, 3.05) is 7.11 Å². The molecule has 0 radical (unpaired) electrons. The molecule has 2 atom stereocenters. The fourth-order valence-corrected chi connectivity index (χ4v) is 3.57. The van der Waals surface area contributed by atoms with E-state index in [1.807, 2.05) is 6.07 Å². The lowest BCUT2D eigenvalue weighted by molar-refractivity contribution is 0.414. The maximum Gasteiger partial charge on any atom is 0.119 e. The van der Waals surface area contributed by atoms with Crippen LogP contribution >= 0.6 is 15.9 Å². The second-order valence-corrected chi connectivity index (χ2v) is 6.55. The van der Waals surface area contributed by atoms with Crippen LogP contribution in [0.3, 0.4) is 0 Å². The van der Waals surface area contributed by atoms with Gasteiger partial charge in [0.15, 0.2) is 0 Å². The van der Waals surface area contributed by atoms with Crippen LogP contribution in [0, 0.1) is 11.3 Å². The standard InChI is InChI=1S/C14H19BrO/c1-14(2)9-12(14)13(15)8-10-5-4-6-11(7-10)16-3/h4-7,12-13H,8-9H2,1-3H3. The molecule has 0 aliphatic heterocycles. The highest BCUT2D eigenvalue weighted by atomic mass is 79.9. The van der Waals surface area contributed by atoms with E-state index in [9.17, 15) is 0 Å². The molecule has 2 heteroatoms. The molecule has 0 aromatic heterocycles. The summed E-state index contributed by atoms with van der Waals surface area (Å²) in [5, 5.41) is 0. The van der Waals surface area contributed by atoms with Crippen LogP contribution < -0.4 is 4.74 Å². The molecule has 16 heavy (non-hydrogen) atoms. The van der Waals surface area contributed by atoms with Crippen molar-refractivity contribution in [2.45, 2.75) is 31.5 Å². The molecular formula is C14H19BrO. The summed E-state index contributed by atoms with van der Waals surface area (Å²) in [6, 6.07) is 8.36. The van der Waals surface area contributed by atoms with Crippen molar-refractivity contribution < 1.29 is 4.74 Å². The van der Waals surface area contributed by atoms with E-state index in [1.54, 1.807) is 7.11 Å². The van der Waals surface area contributed by atoms with Gasteiger partial charge in [0.1, 0.15) is 5.75 Å². The first-order chi connectivity index (χ1) is 7.53. The van der Waals surface area contributed by atoms with Crippen LogP contribution in [-0.4, -0.2) is 11.9 Å². The summed E-state index contributed by atoms with van der Waals surface area (Å²) in [6.45, 7) is 4.69. The zero-order chi connectivity index (χ0) is 11.8. The van der Waals surface area contributed by atoms with E-state index >= 15 is 0 Å². The highest BCUT2D eigenvalue weighted by Gasteiger charge is 2.49. The largest absolute Gasteiger partial charge is 0.497 e. The van der Waals surface area contributed by atoms with Crippen molar-refractivity contribution in [2.24, 2.45) is 11.3 Å². The predicted octanol–water partition coefficient (Wildman–Crippen LogP) is 4.05. The van der Waals surface area contributed by atoms with Gasteiger partial charge in [0.25, 0.3) is 0 Å². The second kappa shape index (κ2) is 4.40. The second-order valence-electron chi connectivity index (χ2n) is 5.37. The Morgan fingerprint density at radius 1 is 1.50 bits per heavy atom. The number of hydrogen-bond donors (Lipinski definition) is 0. The summed E-state index contributed by atoms with van der Waals surface area (Å²) in [5.41, 5.74) is 1.89. The van der Waals surface area contributed by atoms with Crippen LogP contribution in [0.4, 0.5) is 0 Å². The van der Waals surface area contributed by atoms with Crippen LogP contribution in [0.5, 0.6) is 5.75 Å². The minimum Gasteiger partial charge on any atom is -0.497 e. The number of ether oxygens (including phenoxy) is 1. The van der Waals surface area contributed by atoms with Crippen molar-refractivity contribution in [1.29, 1.82) is 0 Å². The topological polar surface area (TPSA) is 9.23 Å². The van der Waals surface area contributed by atoms with Gasteiger partial charge in [0, 0.05) is 4.83 Å². The van der Waals surface area contributed by atoms with Crippen LogP contribution in [0.2, 0.25) is 0 Å². The Morgan fingerprint density at radius 3 is 2.75 bits per heavy atom. The Bertz CT molecular complexity index is 373. The molecule has 88 valence electrons. The van der Waals surface area contributed by atoms with Crippen molar-refractivity contribution in [3.8, 4) is 5.75 Å². The first-order valence-corrected chi connectivity index (χ1v) is 6.71. The Morgan fingerprint density at radius 2 is 2.19 bits per heavy atom. The fraction of sp³-hybridized carbons (Fsp3) is 0.571. The van der Waals surface area contributed by atoms with E-state index < -0.39 is 0 Å². The quantitative estimate of drug-likeness (QED) is 0.757. The third kappa shape index (κ3) is 2.60. The highest BCUT2D eigenvalue weighted by molar-refractivity contribution is 9.09. The molecule has 0 amide bonds. The molecule has 2 rings (SSSR count). The van der Waals surface area contributed by atoms with Gasteiger partial charge in [-0.3, -0.25) is 0 Å². The van der Waals surface area contributed by atoms with Gasteiger partial charge in [-0.15, -0.1) is 0 Å². The van der Waals surface area contributed by atoms with Crippen LogP contribution in [0.15, 0.2) is 24.3 Å². The Balaban J connectivity index is 1.98. The maximum absolute atomic E-state index is 5.24. The van der Waals surface area contributed by atoms with Gasteiger partial charge in [-0.25, -0.2) is 0 Å². The lowest BCUT2D eigenvalue weighted by Crippen LogP contribution is -2.09. The van der Waals surface area contributed by atoms with Crippen molar-refractivity contribution >= 4 is 15.9 Å². The number of methoxy groups -OCH3 is 1. The SMILES string of the molecule is COc1cccc(CC(Br)C2CC2(C)C)c1. The van der Waals surface area contributed by atoms with Crippen molar-refractivity contribution in [3.05, 3.63) is 29.8 Å². The third-order valence-corrected chi connectivity index (χ3v) is 4.55. The Labute approximate surface area is 106 Å². The molecule has 0 N–H and O–H groups in total. The van der Waals surface area contributed by atoms with Gasteiger partial charge in [0.05, 0.1) is 7.11 Å². The number of rotatable bonds is 4. The number of alkyl halides is 1. The molecule has 1 fully saturated rings. The summed E-state index contributed by atoms with van der Waals surface area (Å²) in [4.78, 5) is 0.592. The van der Waals surface area contributed by atoms with Gasteiger partial charge >= 0.3 is 0 Å². The molecule has 0 bridgehead atoms. The van der Waals surface area contributed by atoms with Gasteiger partial charge in [0.2, 0.25) is 0 Å². The van der Waals surface area contributed by atoms with E-state index in [0.29, 0.717) is 10.2 Å².